The second-order valence-corrected chi connectivity index (χ2v) is 8.23. The highest BCUT2D eigenvalue weighted by atomic mass is 79.9. The zero-order valence-corrected chi connectivity index (χ0v) is 18.8. The van der Waals surface area contributed by atoms with Gasteiger partial charge in [-0.3, -0.25) is 0 Å². The lowest BCUT2D eigenvalue weighted by atomic mass is 10.1. The summed E-state index contributed by atoms with van der Waals surface area (Å²) in [6, 6.07) is 11.4. The van der Waals surface area contributed by atoms with E-state index in [0.717, 1.165) is 36.3 Å². The van der Waals surface area contributed by atoms with Crippen molar-refractivity contribution in [2.75, 3.05) is 43.5 Å². The SMILES string of the molecule is COC(=O)c1ccc(NC(=S)N2CCN(c3ccc(Br)cc3C)CC2)cc1Cl. The Morgan fingerprint density at radius 2 is 1.89 bits per heavy atom. The molecule has 0 unspecified atom stereocenters. The number of nitrogens with one attached hydrogen (secondary N) is 1. The Bertz CT molecular complexity index is 901. The number of anilines is 2. The number of thiocarbonyl (C=S) groups is 1. The summed E-state index contributed by atoms with van der Waals surface area (Å²) < 4.78 is 5.80. The number of carbonyl (C=O) groups excluding carboxylic acids is 1. The number of hydrogen-bond acceptors (Lipinski definition) is 4. The first-order valence-electron chi connectivity index (χ1n) is 8.84. The minimum Gasteiger partial charge on any atom is -0.465 e. The third-order valence-corrected chi connectivity index (χ3v) is 5.86. The molecule has 1 aliphatic rings. The van der Waals surface area contributed by atoms with Crippen molar-refractivity contribution in [3.05, 3.63) is 57.0 Å². The van der Waals surface area contributed by atoms with E-state index in [1.807, 2.05) is 0 Å². The summed E-state index contributed by atoms with van der Waals surface area (Å²) >= 11 is 15.3. The molecule has 1 heterocycles. The number of piperazine rings is 1. The van der Waals surface area contributed by atoms with Gasteiger partial charge in [-0.1, -0.05) is 27.5 Å². The van der Waals surface area contributed by atoms with Gasteiger partial charge in [0.25, 0.3) is 0 Å². The van der Waals surface area contributed by atoms with Gasteiger partial charge in [-0.2, -0.15) is 0 Å². The topological polar surface area (TPSA) is 44.8 Å². The second-order valence-electron chi connectivity index (χ2n) is 6.52. The molecule has 1 N–H and O–H groups in total. The summed E-state index contributed by atoms with van der Waals surface area (Å²) in [6.45, 7) is 5.57. The predicted molar refractivity (Wildman–Crippen MR) is 122 cm³/mol. The molecule has 0 spiro atoms. The van der Waals surface area contributed by atoms with Crippen molar-refractivity contribution in [1.82, 2.24) is 4.90 Å². The molecule has 8 heteroatoms. The fourth-order valence-corrected chi connectivity index (χ4v) is 4.23. The van der Waals surface area contributed by atoms with E-state index in [2.05, 4.69) is 56.2 Å². The van der Waals surface area contributed by atoms with Crippen molar-refractivity contribution in [2.24, 2.45) is 0 Å². The van der Waals surface area contributed by atoms with Crippen molar-refractivity contribution in [3.8, 4) is 0 Å². The Balaban J connectivity index is 1.59. The van der Waals surface area contributed by atoms with E-state index < -0.39 is 5.97 Å². The van der Waals surface area contributed by atoms with Gasteiger partial charge in [-0.25, -0.2) is 4.79 Å². The van der Waals surface area contributed by atoms with Crippen LogP contribution in [0.4, 0.5) is 11.4 Å². The van der Waals surface area contributed by atoms with E-state index in [1.54, 1.807) is 18.2 Å². The normalized spacial score (nSPS) is 14.0. The molecular weight excluding hydrogens is 462 g/mol. The predicted octanol–water partition coefficient (Wildman–Crippen LogP) is 4.72. The van der Waals surface area contributed by atoms with Crippen LogP contribution in [0.3, 0.4) is 0 Å². The van der Waals surface area contributed by atoms with Crippen LogP contribution in [0.5, 0.6) is 0 Å². The molecule has 3 rings (SSSR count). The number of ether oxygens (including phenoxy) is 1. The molecule has 1 fully saturated rings. The number of halogens is 2. The molecule has 1 saturated heterocycles. The van der Waals surface area contributed by atoms with Crippen LogP contribution in [0.2, 0.25) is 5.02 Å². The molecule has 28 heavy (non-hydrogen) atoms. The van der Waals surface area contributed by atoms with Crippen LogP contribution in [0.1, 0.15) is 15.9 Å². The van der Waals surface area contributed by atoms with Gasteiger partial charge < -0.3 is 19.9 Å². The molecule has 0 saturated carbocycles. The summed E-state index contributed by atoms with van der Waals surface area (Å²) in [5, 5.41) is 4.18. The number of carbonyl (C=O) groups is 1. The third-order valence-electron chi connectivity index (χ3n) is 4.69. The third kappa shape index (κ3) is 4.77. The average molecular weight is 483 g/mol. The van der Waals surface area contributed by atoms with Crippen LogP contribution >= 0.6 is 39.7 Å². The molecule has 2 aromatic carbocycles. The maximum absolute atomic E-state index is 11.6. The van der Waals surface area contributed by atoms with Gasteiger partial charge in [-0.15, -0.1) is 0 Å². The number of rotatable bonds is 3. The maximum atomic E-state index is 11.6. The number of esters is 1. The van der Waals surface area contributed by atoms with E-state index >= 15 is 0 Å². The van der Waals surface area contributed by atoms with Gasteiger partial charge in [0.15, 0.2) is 5.11 Å². The molecular formula is C20H21BrClN3O2S. The van der Waals surface area contributed by atoms with Crippen molar-refractivity contribution in [2.45, 2.75) is 6.92 Å². The molecule has 0 aromatic heterocycles. The number of benzene rings is 2. The summed E-state index contributed by atoms with van der Waals surface area (Å²) in [5.74, 6) is -0.460. The standard InChI is InChI=1S/C20H21BrClN3O2S/c1-13-11-14(21)3-6-18(13)24-7-9-25(10-8-24)20(28)23-15-4-5-16(17(22)12-15)19(26)27-2/h3-6,11-12H,7-10H2,1-2H3,(H,23,28). The Morgan fingerprint density at radius 3 is 2.50 bits per heavy atom. The van der Waals surface area contributed by atoms with Gasteiger partial charge in [0, 0.05) is 42.0 Å². The molecule has 2 aromatic rings. The number of hydrogen-bond donors (Lipinski definition) is 1. The van der Waals surface area contributed by atoms with Gasteiger partial charge in [0.05, 0.1) is 17.7 Å². The molecule has 0 amide bonds. The van der Waals surface area contributed by atoms with Crippen molar-refractivity contribution >= 4 is 62.2 Å². The van der Waals surface area contributed by atoms with Gasteiger partial charge >= 0.3 is 5.97 Å². The highest BCUT2D eigenvalue weighted by Crippen LogP contribution is 2.25. The second kappa shape index (κ2) is 9.11. The minimum atomic E-state index is -0.460. The largest absolute Gasteiger partial charge is 0.465 e. The quantitative estimate of drug-likeness (QED) is 0.505. The number of nitrogens with zero attached hydrogens (tertiary/aromatic N) is 2. The lowest BCUT2D eigenvalue weighted by Gasteiger charge is -2.38. The van der Waals surface area contributed by atoms with Crippen LogP contribution in [0, 0.1) is 6.92 Å². The summed E-state index contributed by atoms with van der Waals surface area (Å²) in [6.07, 6.45) is 0. The van der Waals surface area contributed by atoms with E-state index in [9.17, 15) is 4.79 Å². The maximum Gasteiger partial charge on any atom is 0.339 e. The van der Waals surface area contributed by atoms with E-state index in [1.165, 1.54) is 18.4 Å². The van der Waals surface area contributed by atoms with Crippen LogP contribution in [0.15, 0.2) is 40.9 Å². The van der Waals surface area contributed by atoms with E-state index in [4.69, 9.17) is 28.6 Å². The Morgan fingerprint density at radius 1 is 1.18 bits per heavy atom. The van der Waals surface area contributed by atoms with Gasteiger partial charge in [0.1, 0.15) is 0 Å². The molecule has 5 nitrogen and oxygen atoms in total. The van der Waals surface area contributed by atoms with Crippen LogP contribution in [-0.2, 0) is 4.74 Å². The number of methoxy groups -OCH3 is 1. The monoisotopic (exact) mass is 481 g/mol. The molecule has 0 bridgehead atoms. The van der Waals surface area contributed by atoms with Crippen molar-refractivity contribution in [1.29, 1.82) is 0 Å². The Hall–Kier alpha value is -1.83. The smallest absolute Gasteiger partial charge is 0.339 e. The summed E-state index contributed by atoms with van der Waals surface area (Å²) in [4.78, 5) is 16.2. The average Bonchev–Trinajstić information content (AvgIpc) is 2.68. The van der Waals surface area contributed by atoms with Crippen LogP contribution in [0.25, 0.3) is 0 Å². The van der Waals surface area contributed by atoms with Crippen molar-refractivity contribution < 1.29 is 9.53 Å². The van der Waals surface area contributed by atoms with Crippen LogP contribution in [-0.4, -0.2) is 49.3 Å². The Kier molecular flexibility index (Phi) is 6.80. The van der Waals surface area contributed by atoms with Gasteiger partial charge in [0.2, 0.25) is 0 Å². The lowest BCUT2D eigenvalue weighted by molar-refractivity contribution is 0.0601. The van der Waals surface area contributed by atoms with Gasteiger partial charge in [-0.05, 0) is 61.1 Å². The first-order chi connectivity index (χ1) is 13.4. The fraction of sp³-hybridized carbons (Fsp3) is 0.300. The molecule has 0 aliphatic carbocycles. The molecule has 148 valence electrons. The fourth-order valence-electron chi connectivity index (χ4n) is 3.20. The highest BCUT2D eigenvalue weighted by molar-refractivity contribution is 9.10. The highest BCUT2D eigenvalue weighted by Gasteiger charge is 2.20. The lowest BCUT2D eigenvalue weighted by Crippen LogP contribution is -2.50. The minimum absolute atomic E-state index is 0.329. The molecule has 0 atom stereocenters. The molecule has 0 radical (unpaired) electrons. The number of aryl methyl sites for hydroxylation is 1. The summed E-state index contributed by atoms with van der Waals surface area (Å²) in [7, 11) is 1.33. The molecule has 1 aliphatic heterocycles. The van der Waals surface area contributed by atoms with E-state index in [0.29, 0.717) is 15.7 Å². The van der Waals surface area contributed by atoms with E-state index in [-0.39, 0.29) is 0 Å². The first-order valence-corrected chi connectivity index (χ1v) is 10.4. The summed E-state index contributed by atoms with van der Waals surface area (Å²) in [5.41, 5.74) is 3.59. The zero-order valence-electron chi connectivity index (χ0n) is 15.7. The first kappa shape index (κ1) is 20.9. The zero-order chi connectivity index (χ0) is 20.3. The van der Waals surface area contributed by atoms with Crippen LogP contribution < -0.4 is 10.2 Å². The Labute approximate surface area is 183 Å². The van der Waals surface area contributed by atoms with Crippen molar-refractivity contribution in [3.63, 3.8) is 0 Å².